The van der Waals surface area contributed by atoms with Crippen LogP contribution in [0.1, 0.15) is 17.0 Å². The van der Waals surface area contributed by atoms with Crippen molar-refractivity contribution in [3.8, 4) is 5.69 Å². The van der Waals surface area contributed by atoms with Crippen molar-refractivity contribution in [3.63, 3.8) is 0 Å². The van der Waals surface area contributed by atoms with Gasteiger partial charge in [-0.05, 0) is 66.8 Å². The van der Waals surface area contributed by atoms with Crippen molar-refractivity contribution in [2.45, 2.75) is 13.8 Å². The summed E-state index contributed by atoms with van der Waals surface area (Å²) in [6.07, 6.45) is 3.12. The Hall–Kier alpha value is -2.75. The molecule has 0 saturated heterocycles. The molecule has 0 bridgehead atoms. The molecule has 0 atom stereocenters. The van der Waals surface area contributed by atoms with Gasteiger partial charge in [0.2, 0.25) is 5.82 Å². The number of halogens is 1. The summed E-state index contributed by atoms with van der Waals surface area (Å²) in [4.78, 5) is 14.5. The molecule has 1 aromatic carbocycles. The molecule has 26 heavy (non-hydrogen) atoms. The van der Waals surface area contributed by atoms with E-state index < -0.39 is 4.92 Å². The van der Waals surface area contributed by atoms with E-state index in [1.807, 2.05) is 32.0 Å². The molecule has 0 saturated carbocycles. The van der Waals surface area contributed by atoms with E-state index in [0.717, 1.165) is 26.2 Å². The van der Waals surface area contributed by atoms with Crippen LogP contribution in [0, 0.1) is 27.5 Å². The lowest BCUT2D eigenvalue weighted by atomic mass is 10.2. The van der Waals surface area contributed by atoms with Crippen LogP contribution in [0.2, 0.25) is 0 Å². The Balaban J connectivity index is 1.87. The van der Waals surface area contributed by atoms with Gasteiger partial charge in [-0.15, -0.1) is 0 Å². The number of hydrogen-bond acceptors (Lipinski definition) is 5. The van der Waals surface area contributed by atoms with Crippen molar-refractivity contribution >= 4 is 40.3 Å². The molecule has 132 valence electrons. The Bertz CT molecular complexity index is 997. The maximum atomic E-state index is 11.0. The summed E-state index contributed by atoms with van der Waals surface area (Å²) in [6.45, 7) is 4.04. The zero-order valence-electron chi connectivity index (χ0n) is 14.2. The van der Waals surface area contributed by atoms with Gasteiger partial charge in [-0.2, -0.15) is 5.10 Å². The number of aromatic nitrogens is 2. The summed E-state index contributed by atoms with van der Waals surface area (Å²) in [5.41, 5.74) is 6.66. The molecule has 0 spiro atoms. The monoisotopic (exact) mass is 461 g/mol. The summed E-state index contributed by atoms with van der Waals surface area (Å²) in [6, 6.07) is 13.1. The average Bonchev–Trinajstić information content (AvgIpc) is 2.89. The van der Waals surface area contributed by atoms with Gasteiger partial charge in [0, 0.05) is 38.5 Å². The highest BCUT2D eigenvalue weighted by molar-refractivity contribution is 14.1. The van der Waals surface area contributed by atoms with Gasteiger partial charge in [0.15, 0.2) is 0 Å². The number of nitrogens with zero attached hydrogens (tertiary/aromatic N) is 4. The topological polar surface area (TPSA) is 85.3 Å². The first kappa shape index (κ1) is 18.1. The summed E-state index contributed by atoms with van der Waals surface area (Å²) >= 11 is 2.29. The van der Waals surface area contributed by atoms with Crippen molar-refractivity contribution in [1.82, 2.24) is 9.55 Å². The van der Waals surface area contributed by atoms with Crippen molar-refractivity contribution in [2.24, 2.45) is 5.10 Å². The molecule has 0 radical (unpaired) electrons. The first-order valence-corrected chi connectivity index (χ1v) is 8.88. The van der Waals surface area contributed by atoms with Crippen molar-refractivity contribution in [2.75, 3.05) is 5.43 Å². The Morgan fingerprint density at radius 3 is 2.81 bits per heavy atom. The summed E-state index contributed by atoms with van der Waals surface area (Å²) < 4.78 is 3.30. The molecule has 3 aromatic rings. The number of rotatable bonds is 5. The Labute approximate surface area is 164 Å². The highest BCUT2D eigenvalue weighted by Gasteiger charge is 2.13. The number of benzene rings is 1. The molecule has 2 aromatic heterocycles. The second kappa shape index (κ2) is 7.65. The maximum absolute atomic E-state index is 11.0. The minimum atomic E-state index is -0.492. The second-order valence-corrected chi connectivity index (χ2v) is 6.89. The number of hydrazone groups is 1. The molecule has 0 aliphatic carbocycles. The van der Waals surface area contributed by atoms with Crippen molar-refractivity contribution < 1.29 is 4.92 Å². The van der Waals surface area contributed by atoms with Crippen LogP contribution in [0.4, 0.5) is 11.5 Å². The van der Waals surface area contributed by atoms with Gasteiger partial charge < -0.3 is 4.57 Å². The van der Waals surface area contributed by atoms with Gasteiger partial charge in [0.25, 0.3) is 0 Å². The molecule has 0 aliphatic heterocycles. The molecule has 2 heterocycles. The Kier molecular flexibility index (Phi) is 5.31. The van der Waals surface area contributed by atoms with E-state index in [1.165, 1.54) is 18.3 Å². The molecule has 0 unspecified atom stereocenters. The predicted molar refractivity (Wildman–Crippen MR) is 110 cm³/mol. The molecule has 7 nitrogen and oxygen atoms in total. The van der Waals surface area contributed by atoms with Crippen LogP contribution in [-0.2, 0) is 0 Å². The zero-order valence-corrected chi connectivity index (χ0v) is 16.3. The van der Waals surface area contributed by atoms with Gasteiger partial charge in [-0.3, -0.25) is 15.5 Å². The van der Waals surface area contributed by atoms with Crippen LogP contribution in [-0.4, -0.2) is 20.7 Å². The van der Waals surface area contributed by atoms with E-state index in [2.05, 4.69) is 54.8 Å². The molecule has 3 rings (SSSR count). The van der Waals surface area contributed by atoms with Crippen LogP contribution >= 0.6 is 22.6 Å². The fraction of sp³-hybridized carbons (Fsp3) is 0.111. The zero-order chi connectivity index (χ0) is 18.7. The number of anilines is 1. The number of pyridine rings is 1. The molecule has 0 fully saturated rings. The van der Waals surface area contributed by atoms with Crippen LogP contribution < -0.4 is 5.43 Å². The standard InChI is InChI=1S/C18H16IN5O2/c1-12-9-14(13(2)23(12)16-6-3-5-15(19)10-16)11-21-22-18-17(24(25)26)7-4-8-20-18/h3-11H,1-2H3,(H,20,22)/b21-11+. The minimum Gasteiger partial charge on any atom is -0.318 e. The third kappa shape index (κ3) is 3.74. The number of nitrogens with one attached hydrogen (secondary N) is 1. The molecule has 0 aliphatic rings. The first-order chi connectivity index (χ1) is 12.5. The van der Waals surface area contributed by atoms with E-state index in [9.17, 15) is 10.1 Å². The molecule has 1 N–H and O–H groups in total. The normalized spacial score (nSPS) is 11.0. The Morgan fingerprint density at radius 2 is 2.08 bits per heavy atom. The van der Waals surface area contributed by atoms with Gasteiger partial charge in [0.1, 0.15) is 0 Å². The van der Waals surface area contributed by atoms with Crippen LogP contribution in [0.15, 0.2) is 53.8 Å². The van der Waals surface area contributed by atoms with E-state index in [4.69, 9.17) is 0 Å². The lowest BCUT2D eigenvalue weighted by Gasteiger charge is -2.09. The third-order valence-corrected chi connectivity index (χ3v) is 4.56. The Morgan fingerprint density at radius 1 is 1.27 bits per heavy atom. The van der Waals surface area contributed by atoms with Crippen LogP contribution in [0.3, 0.4) is 0 Å². The first-order valence-electron chi connectivity index (χ1n) is 7.80. The lowest BCUT2D eigenvalue weighted by molar-refractivity contribution is -0.384. The number of nitro groups is 1. The fourth-order valence-electron chi connectivity index (χ4n) is 2.72. The van der Waals surface area contributed by atoms with Gasteiger partial charge in [-0.25, -0.2) is 4.98 Å². The SMILES string of the molecule is Cc1cc(/C=N/Nc2ncccc2[N+](=O)[O-])c(C)n1-c1cccc(I)c1. The highest BCUT2D eigenvalue weighted by Crippen LogP contribution is 2.22. The van der Waals surface area contributed by atoms with Gasteiger partial charge in [-0.1, -0.05) is 6.07 Å². The number of hydrogen-bond donors (Lipinski definition) is 1. The largest absolute Gasteiger partial charge is 0.318 e. The van der Waals surface area contributed by atoms with Gasteiger partial charge >= 0.3 is 5.69 Å². The molecule has 8 heteroatoms. The van der Waals surface area contributed by atoms with E-state index >= 15 is 0 Å². The summed E-state index contributed by atoms with van der Waals surface area (Å²) in [7, 11) is 0. The van der Waals surface area contributed by atoms with E-state index in [1.54, 1.807) is 6.21 Å². The molecule has 0 amide bonds. The van der Waals surface area contributed by atoms with Crippen LogP contribution in [0.5, 0.6) is 0 Å². The highest BCUT2D eigenvalue weighted by atomic mass is 127. The maximum Gasteiger partial charge on any atom is 0.313 e. The molecular formula is C18H16IN5O2. The van der Waals surface area contributed by atoms with E-state index in [-0.39, 0.29) is 11.5 Å². The van der Waals surface area contributed by atoms with E-state index in [0.29, 0.717) is 0 Å². The average molecular weight is 461 g/mol. The van der Waals surface area contributed by atoms with Gasteiger partial charge in [0.05, 0.1) is 11.1 Å². The predicted octanol–water partition coefficient (Wildman–Crippen LogP) is 4.45. The second-order valence-electron chi connectivity index (χ2n) is 5.64. The third-order valence-electron chi connectivity index (χ3n) is 3.89. The fourth-order valence-corrected chi connectivity index (χ4v) is 3.25. The minimum absolute atomic E-state index is 0.111. The van der Waals surface area contributed by atoms with Crippen molar-refractivity contribution in [3.05, 3.63) is 79.3 Å². The quantitative estimate of drug-likeness (QED) is 0.263. The van der Waals surface area contributed by atoms with Crippen LogP contribution in [0.25, 0.3) is 5.69 Å². The number of aryl methyl sites for hydroxylation is 1. The smallest absolute Gasteiger partial charge is 0.313 e. The lowest BCUT2D eigenvalue weighted by Crippen LogP contribution is -2.01. The molecular weight excluding hydrogens is 445 g/mol. The summed E-state index contributed by atoms with van der Waals surface area (Å²) in [5, 5.41) is 15.1. The summed E-state index contributed by atoms with van der Waals surface area (Å²) in [5.74, 6) is 0.111. The van der Waals surface area contributed by atoms with Crippen molar-refractivity contribution in [1.29, 1.82) is 0 Å².